The molecule has 2 aliphatic heterocycles. The van der Waals surface area contributed by atoms with Gasteiger partial charge in [0.15, 0.2) is 5.13 Å². The number of carbonyl (C=O) groups excluding carboxylic acids is 2. The standard InChI is InChI=1S/C37H49N3O6S/c1-23-11-10-12-28(30-22-47-34(38-30)39-17-16-29(31(20-39)43-9)33(41)45-36(3,4)5)32(23)44-21-26-14-13-25-19-40(18-15-27(25)24(26)2)35(42)46-37(6,7)8/h10-14,22,29,31H,15-21H2,1-9H3/t29-,31+/m0/s1. The molecule has 1 fully saturated rings. The molecule has 3 aromatic rings. The Morgan fingerprint density at radius 1 is 1.00 bits per heavy atom. The molecule has 5 rings (SSSR count). The van der Waals surface area contributed by atoms with Gasteiger partial charge in [0, 0.05) is 44.2 Å². The van der Waals surface area contributed by atoms with E-state index in [-0.39, 0.29) is 24.1 Å². The maximum Gasteiger partial charge on any atom is 0.410 e. The molecule has 10 heteroatoms. The number of hydrogen-bond donors (Lipinski definition) is 0. The summed E-state index contributed by atoms with van der Waals surface area (Å²) < 4.78 is 23.6. The molecule has 2 aromatic carbocycles. The number of aromatic nitrogens is 1. The van der Waals surface area contributed by atoms with E-state index in [1.807, 2.05) is 47.6 Å². The summed E-state index contributed by atoms with van der Waals surface area (Å²) in [7, 11) is 1.65. The lowest BCUT2D eigenvalue weighted by Gasteiger charge is -2.37. The van der Waals surface area contributed by atoms with E-state index in [4.69, 9.17) is 23.9 Å². The Bertz CT molecular complexity index is 1600. The number of rotatable bonds is 7. The maximum absolute atomic E-state index is 12.9. The fourth-order valence-electron chi connectivity index (χ4n) is 6.23. The lowest BCUT2D eigenvalue weighted by Crippen LogP contribution is -2.49. The number of methoxy groups -OCH3 is 1. The zero-order chi connectivity index (χ0) is 34.1. The summed E-state index contributed by atoms with van der Waals surface area (Å²) >= 11 is 1.59. The van der Waals surface area contributed by atoms with Crippen LogP contribution in [0.25, 0.3) is 11.3 Å². The number of aryl methyl sites for hydroxylation is 1. The van der Waals surface area contributed by atoms with E-state index in [1.54, 1.807) is 23.3 Å². The Balaban J connectivity index is 1.28. The molecule has 1 saturated heterocycles. The van der Waals surface area contributed by atoms with Crippen LogP contribution in [0.3, 0.4) is 0 Å². The zero-order valence-electron chi connectivity index (χ0n) is 29.3. The molecule has 0 radical (unpaired) electrons. The van der Waals surface area contributed by atoms with E-state index in [1.165, 1.54) is 11.1 Å². The number of carbonyl (C=O) groups is 2. The number of para-hydroxylation sites is 1. The lowest BCUT2D eigenvalue weighted by atomic mass is 9.92. The highest BCUT2D eigenvalue weighted by molar-refractivity contribution is 7.14. The lowest BCUT2D eigenvalue weighted by molar-refractivity contribution is -0.165. The van der Waals surface area contributed by atoms with Gasteiger partial charge in [-0.25, -0.2) is 9.78 Å². The van der Waals surface area contributed by atoms with Crippen molar-refractivity contribution in [2.45, 2.75) is 98.7 Å². The number of fused-ring (bicyclic) bond motifs is 1. The van der Waals surface area contributed by atoms with Crippen molar-refractivity contribution in [2.75, 3.05) is 31.6 Å². The second-order valence-electron chi connectivity index (χ2n) is 14.5. The van der Waals surface area contributed by atoms with Crippen LogP contribution in [0, 0.1) is 19.8 Å². The van der Waals surface area contributed by atoms with Crippen molar-refractivity contribution in [2.24, 2.45) is 5.92 Å². The van der Waals surface area contributed by atoms with Gasteiger partial charge in [0.2, 0.25) is 0 Å². The van der Waals surface area contributed by atoms with Gasteiger partial charge in [-0.3, -0.25) is 4.79 Å². The normalized spacial score (nSPS) is 18.5. The average molecular weight is 664 g/mol. The molecule has 1 amide bonds. The van der Waals surface area contributed by atoms with Crippen molar-refractivity contribution in [1.29, 1.82) is 0 Å². The number of amides is 1. The third kappa shape index (κ3) is 8.27. The largest absolute Gasteiger partial charge is 0.488 e. The minimum atomic E-state index is -0.534. The molecule has 2 aliphatic rings. The first-order valence-electron chi connectivity index (χ1n) is 16.4. The maximum atomic E-state index is 12.9. The quantitative estimate of drug-likeness (QED) is 0.241. The van der Waals surface area contributed by atoms with Gasteiger partial charge in [0.25, 0.3) is 0 Å². The van der Waals surface area contributed by atoms with E-state index < -0.39 is 11.2 Å². The van der Waals surface area contributed by atoms with Crippen molar-refractivity contribution < 1.29 is 28.5 Å². The highest BCUT2D eigenvalue weighted by atomic mass is 32.1. The van der Waals surface area contributed by atoms with Gasteiger partial charge in [-0.15, -0.1) is 11.3 Å². The Morgan fingerprint density at radius 3 is 2.45 bits per heavy atom. The number of hydrogen-bond acceptors (Lipinski definition) is 9. The van der Waals surface area contributed by atoms with Crippen LogP contribution in [0.2, 0.25) is 0 Å². The van der Waals surface area contributed by atoms with Gasteiger partial charge < -0.3 is 28.7 Å². The predicted octanol–water partition coefficient (Wildman–Crippen LogP) is 7.48. The van der Waals surface area contributed by atoms with Crippen LogP contribution >= 0.6 is 11.3 Å². The van der Waals surface area contributed by atoms with Crippen LogP contribution in [-0.2, 0) is 38.6 Å². The van der Waals surface area contributed by atoms with Crippen LogP contribution in [0.1, 0.15) is 75.8 Å². The average Bonchev–Trinajstić information content (AvgIpc) is 3.49. The summed E-state index contributed by atoms with van der Waals surface area (Å²) in [4.78, 5) is 34.5. The third-order valence-electron chi connectivity index (χ3n) is 8.65. The molecule has 47 heavy (non-hydrogen) atoms. The number of nitrogens with zero attached hydrogens (tertiary/aromatic N) is 3. The van der Waals surface area contributed by atoms with Crippen molar-refractivity contribution in [3.8, 4) is 17.0 Å². The minimum absolute atomic E-state index is 0.206. The van der Waals surface area contributed by atoms with Crippen LogP contribution in [0.5, 0.6) is 5.75 Å². The van der Waals surface area contributed by atoms with Crippen LogP contribution < -0.4 is 9.64 Å². The smallest absolute Gasteiger partial charge is 0.410 e. The van der Waals surface area contributed by atoms with Gasteiger partial charge >= 0.3 is 12.1 Å². The van der Waals surface area contributed by atoms with Crippen molar-refractivity contribution >= 4 is 28.5 Å². The van der Waals surface area contributed by atoms with Gasteiger partial charge in [-0.2, -0.15) is 0 Å². The monoisotopic (exact) mass is 663 g/mol. The molecule has 3 heterocycles. The number of ether oxygens (including phenoxy) is 4. The summed E-state index contributed by atoms with van der Waals surface area (Å²) in [6.07, 6.45) is 0.878. The molecule has 254 valence electrons. The number of benzene rings is 2. The molecule has 1 aromatic heterocycles. The van der Waals surface area contributed by atoms with Crippen molar-refractivity contribution in [3.05, 3.63) is 63.5 Å². The summed E-state index contributed by atoms with van der Waals surface area (Å²) in [5, 5.41) is 2.96. The van der Waals surface area contributed by atoms with Crippen molar-refractivity contribution in [3.63, 3.8) is 0 Å². The number of thiazole rings is 1. The molecule has 0 aliphatic carbocycles. The molecule has 0 spiro atoms. The fraction of sp³-hybridized carbons (Fsp3) is 0.541. The topological polar surface area (TPSA) is 90.4 Å². The molecule has 0 N–H and O–H groups in total. The molecule has 0 bridgehead atoms. The van der Waals surface area contributed by atoms with Crippen molar-refractivity contribution in [1.82, 2.24) is 9.88 Å². The fourth-order valence-corrected chi connectivity index (χ4v) is 7.10. The van der Waals surface area contributed by atoms with Gasteiger partial charge in [-0.05, 0) is 102 Å². The molecular weight excluding hydrogens is 614 g/mol. The minimum Gasteiger partial charge on any atom is -0.488 e. The molecule has 0 unspecified atom stereocenters. The molecular formula is C37H49N3O6S. The van der Waals surface area contributed by atoms with E-state index in [0.717, 1.165) is 45.2 Å². The van der Waals surface area contributed by atoms with Gasteiger partial charge in [-0.1, -0.05) is 24.3 Å². The summed E-state index contributed by atoms with van der Waals surface area (Å²) in [5.74, 6) is 0.306. The van der Waals surface area contributed by atoms with E-state index >= 15 is 0 Å². The number of esters is 1. The van der Waals surface area contributed by atoms with E-state index in [2.05, 4.69) is 48.4 Å². The molecule has 9 nitrogen and oxygen atoms in total. The highest BCUT2D eigenvalue weighted by Crippen LogP contribution is 2.38. The number of anilines is 1. The Labute approximate surface area is 283 Å². The molecule has 0 saturated carbocycles. The predicted molar refractivity (Wildman–Crippen MR) is 185 cm³/mol. The van der Waals surface area contributed by atoms with E-state index in [0.29, 0.717) is 39.2 Å². The van der Waals surface area contributed by atoms with Gasteiger partial charge in [0.05, 0.1) is 17.7 Å². The first-order chi connectivity index (χ1) is 22.1. The van der Waals surface area contributed by atoms with Gasteiger partial charge in [0.1, 0.15) is 23.6 Å². The van der Waals surface area contributed by atoms with Crippen LogP contribution in [-0.4, -0.2) is 66.0 Å². The Kier molecular flexibility index (Phi) is 10.2. The zero-order valence-corrected chi connectivity index (χ0v) is 30.1. The van der Waals surface area contributed by atoms with Crippen LogP contribution in [0.15, 0.2) is 35.7 Å². The third-order valence-corrected chi connectivity index (χ3v) is 9.55. The Hall–Kier alpha value is -3.63. The summed E-state index contributed by atoms with van der Waals surface area (Å²) in [6, 6.07) is 10.4. The van der Waals surface area contributed by atoms with Crippen LogP contribution in [0.4, 0.5) is 9.93 Å². The highest BCUT2D eigenvalue weighted by Gasteiger charge is 2.38. The second kappa shape index (κ2) is 13.8. The Morgan fingerprint density at radius 2 is 1.74 bits per heavy atom. The number of piperidine rings is 1. The SMILES string of the molecule is CO[C@@H]1CN(c2nc(-c3cccc(C)c3OCc3ccc4c(c3C)CCN(C(=O)OC(C)(C)C)C4)cs2)CC[C@@H]1C(=O)OC(C)(C)C. The first-order valence-corrected chi connectivity index (χ1v) is 17.3. The summed E-state index contributed by atoms with van der Waals surface area (Å²) in [6.45, 7) is 18.4. The first kappa shape index (κ1) is 34.7. The second-order valence-corrected chi connectivity index (χ2v) is 15.4. The van der Waals surface area contributed by atoms with E-state index in [9.17, 15) is 9.59 Å². The summed E-state index contributed by atoms with van der Waals surface area (Å²) in [5.41, 5.74) is 6.56. The molecule has 2 atom stereocenters.